The zero-order valence-corrected chi connectivity index (χ0v) is 15.5. The first-order valence-electron chi connectivity index (χ1n) is 9.06. The highest BCUT2D eigenvalue weighted by Crippen LogP contribution is 2.06. The molecule has 26 heavy (non-hydrogen) atoms. The van der Waals surface area contributed by atoms with Crippen molar-refractivity contribution in [3.05, 3.63) is 47.5 Å². The molecule has 3 heterocycles. The number of nitrogens with zero attached hydrogens (tertiary/aromatic N) is 5. The van der Waals surface area contributed by atoms with E-state index in [4.69, 9.17) is 0 Å². The van der Waals surface area contributed by atoms with Crippen LogP contribution in [0.5, 0.6) is 0 Å². The van der Waals surface area contributed by atoms with Crippen molar-refractivity contribution in [2.75, 3.05) is 44.6 Å². The van der Waals surface area contributed by atoms with Crippen LogP contribution in [0.4, 0.5) is 5.95 Å². The fourth-order valence-electron chi connectivity index (χ4n) is 3.11. The highest BCUT2D eigenvalue weighted by Gasteiger charge is 2.20. The number of nitrogens with one attached hydrogen (secondary N) is 1. The Morgan fingerprint density at radius 2 is 1.85 bits per heavy atom. The summed E-state index contributed by atoms with van der Waals surface area (Å²) in [5, 5.41) is 3.05. The van der Waals surface area contributed by atoms with Gasteiger partial charge in [-0.2, -0.15) is 0 Å². The third-order valence-electron chi connectivity index (χ3n) is 4.52. The largest absolute Gasteiger partial charge is 0.345 e. The lowest BCUT2D eigenvalue weighted by atomic mass is 10.2. The van der Waals surface area contributed by atoms with Crippen LogP contribution in [0, 0.1) is 13.8 Å². The number of pyridine rings is 1. The van der Waals surface area contributed by atoms with Gasteiger partial charge in [0.05, 0.1) is 6.54 Å². The van der Waals surface area contributed by atoms with Crippen molar-refractivity contribution < 1.29 is 4.79 Å². The van der Waals surface area contributed by atoms with Gasteiger partial charge in [-0.05, 0) is 32.0 Å². The second-order valence-corrected chi connectivity index (χ2v) is 6.62. The molecular formula is C19H26N6O. The highest BCUT2D eigenvalue weighted by molar-refractivity contribution is 5.80. The fourth-order valence-corrected chi connectivity index (χ4v) is 3.11. The molecule has 0 radical (unpaired) electrons. The van der Waals surface area contributed by atoms with Gasteiger partial charge in [-0.15, -0.1) is 0 Å². The molecular weight excluding hydrogens is 328 g/mol. The summed E-state index contributed by atoms with van der Waals surface area (Å²) in [6, 6.07) is 7.92. The van der Waals surface area contributed by atoms with Gasteiger partial charge in [0.1, 0.15) is 0 Å². The Kier molecular flexibility index (Phi) is 6.12. The molecule has 0 bridgehead atoms. The molecule has 0 aliphatic carbocycles. The summed E-state index contributed by atoms with van der Waals surface area (Å²) in [5.41, 5.74) is 2.91. The van der Waals surface area contributed by atoms with Gasteiger partial charge >= 0.3 is 0 Å². The first kappa shape index (κ1) is 18.3. The minimum atomic E-state index is 0.0946. The lowest BCUT2D eigenvalue weighted by Crippen LogP contribution is -2.50. The number of aromatic nitrogens is 3. The smallest absolute Gasteiger partial charge is 0.242 e. The normalized spacial score (nSPS) is 15.1. The van der Waals surface area contributed by atoms with E-state index in [0.29, 0.717) is 5.95 Å². The lowest BCUT2D eigenvalue weighted by Gasteiger charge is -2.34. The van der Waals surface area contributed by atoms with Crippen molar-refractivity contribution in [3.8, 4) is 0 Å². The van der Waals surface area contributed by atoms with Crippen LogP contribution >= 0.6 is 0 Å². The number of hydrogen-bond donors (Lipinski definition) is 1. The van der Waals surface area contributed by atoms with E-state index in [1.54, 1.807) is 0 Å². The summed E-state index contributed by atoms with van der Waals surface area (Å²) in [7, 11) is 0. The van der Waals surface area contributed by atoms with Crippen LogP contribution in [0.25, 0.3) is 0 Å². The Balaban J connectivity index is 1.40. The van der Waals surface area contributed by atoms with Crippen molar-refractivity contribution in [2.24, 2.45) is 0 Å². The van der Waals surface area contributed by atoms with Crippen LogP contribution in [0.15, 0.2) is 30.5 Å². The van der Waals surface area contributed by atoms with E-state index in [2.05, 4.69) is 31.2 Å². The van der Waals surface area contributed by atoms with Gasteiger partial charge in [0, 0.05) is 62.4 Å². The van der Waals surface area contributed by atoms with Crippen LogP contribution < -0.4 is 5.32 Å². The van der Waals surface area contributed by atoms with Crippen molar-refractivity contribution in [1.29, 1.82) is 0 Å². The maximum Gasteiger partial charge on any atom is 0.242 e. The fraction of sp³-hybridized carbons (Fsp3) is 0.474. The highest BCUT2D eigenvalue weighted by atomic mass is 16.2. The number of aryl methyl sites for hydroxylation is 2. The lowest BCUT2D eigenvalue weighted by molar-refractivity contribution is -0.131. The van der Waals surface area contributed by atoms with E-state index in [1.807, 2.05) is 43.1 Å². The predicted molar refractivity (Wildman–Crippen MR) is 101 cm³/mol. The summed E-state index contributed by atoms with van der Waals surface area (Å²) in [4.78, 5) is 29.7. The summed E-state index contributed by atoms with van der Waals surface area (Å²) >= 11 is 0. The van der Waals surface area contributed by atoms with E-state index < -0.39 is 0 Å². The molecule has 7 heteroatoms. The van der Waals surface area contributed by atoms with E-state index in [0.717, 1.165) is 56.2 Å². The van der Waals surface area contributed by atoms with Gasteiger partial charge in [-0.1, -0.05) is 6.07 Å². The molecule has 2 aromatic heterocycles. The molecule has 1 fully saturated rings. The van der Waals surface area contributed by atoms with E-state index in [1.165, 1.54) is 0 Å². The number of hydrogen-bond acceptors (Lipinski definition) is 6. The van der Waals surface area contributed by atoms with Crippen LogP contribution in [0.2, 0.25) is 0 Å². The number of anilines is 1. The van der Waals surface area contributed by atoms with Crippen LogP contribution in [-0.4, -0.2) is 69.9 Å². The zero-order chi connectivity index (χ0) is 18.4. The number of carbonyl (C=O) groups is 1. The molecule has 0 unspecified atom stereocenters. The molecule has 1 aliphatic heterocycles. The van der Waals surface area contributed by atoms with Crippen molar-refractivity contribution in [2.45, 2.75) is 20.3 Å². The molecule has 7 nitrogen and oxygen atoms in total. The molecule has 1 N–H and O–H groups in total. The van der Waals surface area contributed by atoms with E-state index >= 15 is 0 Å². The van der Waals surface area contributed by atoms with Gasteiger partial charge in [-0.3, -0.25) is 14.7 Å². The zero-order valence-electron chi connectivity index (χ0n) is 15.5. The van der Waals surface area contributed by atoms with Crippen molar-refractivity contribution in [1.82, 2.24) is 24.8 Å². The SMILES string of the molecule is Cc1cc(C)nc(NCC(=O)N2CCN(CCc3ccccn3)CC2)n1. The third-order valence-corrected chi connectivity index (χ3v) is 4.52. The molecule has 0 spiro atoms. The topological polar surface area (TPSA) is 74.2 Å². The summed E-state index contributed by atoms with van der Waals surface area (Å²) in [5.74, 6) is 0.613. The van der Waals surface area contributed by atoms with Gasteiger partial charge in [0.15, 0.2) is 0 Å². The molecule has 0 atom stereocenters. The quantitative estimate of drug-likeness (QED) is 0.843. The molecule has 0 aromatic carbocycles. The number of amides is 1. The minimum absolute atomic E-state index is 0.0946. The average Bonchev–Trinajstić information content (AvgIpc) is 2.65. The third kappa shape index (κ3) is 5.23. The maximum atomic E-state index is 12.4. The van der Waals surface area contributed by atoms with E-state index in [-0.39, 0.29) is 12.5 Å². The Labute approximate surface area is 154 Å². The maximum absolute atomic E-state index is 12.4. The Morgan fingerprint density at radius 1 is 1.12 bits per heavy atom. The Morgan fingerprint density at radius 3 is 2.50 bits per heavy atom. The van der Waals surface area contributed by atoms with Gasteiger partial charge in [-0.25, -0.2) is 9.97 Å². The molecule has 138 valence electrons. The molecule has 2 aromatic rings. The standard InChI is InChI=1S/C19H26N6O/c1-15-13-16(2)23-19(22-15)21-14-18(26)25-11-9-24(10-12-25)8-6-17-5-3-4-7-20-17/h3-5,7,13H,6,8-12,14H2,1-2H3,(H,21,22,23). The average molecular weight is 354 g/mol. The first-order chi connectivity index (χ1) is 12.6. The molecule has 1 saturated heterocycles. The van der Waals surface area contributed by atoms with Crippen LogP contribution in [-0.2, 0) is 11.2 Å². The molecule has 3 rings (SSSR count). The van der Waals surface area contributed by atoms with Gasteiger partial charge < -0.3 is 10.2 Å². The predicted octanol–water partition coefficient (Wildman–Crippen LogP) is 1.29. The first-order valence-corrected chi connectivity index (χ1v) is 9.06. The van der Waals surface area contributed by atoms with E-state index in [9.17, 15) is 4.79 Å². The molecule has 1 amide bonds. The van der Waals surface area contributed by atoms with Crippen LogP contribution in [0.3, 0.4) is 0 Å². The summed E-state index contributed by atoms with van der Waals surface area (Å²) < 4.78 is 0. The summed E-state index contributed by atoms with van der Waals surface area (Å²) in [6.45, 7) is 8.38. The summed E-state index contributed by atoms with van der Waals surface area (Å²) in [6.07, 6.45) is 2.78. The Bertz CT molecular complexity index is 708. The minimum Gasteiger partial charge on any atom is -0.345 e. The molecule has 1 aliphatic rings. The van der Waals surface area contributed by atoms with Gasteiger partial charge in [0.2, 0.25) is 11.9 Å². The molecule has 0 saturated carbocycles. The van der Waals surface area contributed by atoms with Crippen molar-refractivity contribution in [3.63, 3.8) is 0 Å². The van der Waals surface area contributed by atoms with Crippen LogP contribution in [0.1, 0.15) is 17.1 Å². The second-order valence-electron chi connectivity index (χ2n) is 6.62. The number of rotatable bonds is 6. The van der Waals surface area contributed by atoms with Gasteiger partial charge in [0.25, 0.3) is 0 Å². The van der Waals surface area contributed by atoms with Crippen molar-refractivity contribution >= 4 is 11.9 Å². The number of carbonyl (C=O) groups excluding carboxylic acids is 1. The Hall–Kier alpha value is -2.54. The monoisotopic (exact) mass is 354 g/mol. The number of piperazine rings is 1. The second kappa shape index (κ2) is 8.71.